The molecule has 0 saturated carbocycles. The summed E-state index contributed by atoms with van der Waals surface area (Å²) < 4.78 is 5.23. The van der Waals surface area contributed by atoms with Crippen LogP contribution in [0.25, 0.3) is 11.3 Å². The van der Waals surface area contributed by atoms with E-state index in [2.05, 4.69) is 10.3 Å². The number of hydrogen-bond donors (Lipinski definition) is 1. The lowest BCUT2D eigenvalue weighted by atomic mass is 10.0. The molecule has 28 heavy (non-hydrogen) atoms. The molecule has 1 amide bonds. The molecule has 0 fully saturated rings. The van der Waals surface area contributed by atoms with Gasteiger partial charge in [-0.1, -0.05) is 32.4 Å². The van der Waals surface area contributed by atoms with Gasteiger partial charge in [0.25, 0.3) is 5.91 Å². The van der Waals surface area contributed by atoms with Crippen LogP contribution in [0, 0.1) is 6.92 Å². The van der Waals surface area contributed by atoms with Gasteiger partial charge in [0.1, 0.15) is 5.75 Å². The number of amides is 1. The standard InChI is InChI=1S/C20H19ClN2O2S.C2H6/c1-4-13-9-15(25-3)6-8-16(13)20(24)23-14-5-7-17(18(21)10-14)19-11-26-12(2)22-19;1-2/h5-11H,4H2,1-3H3,(H,23,24);1-2H3. The quantitative estimate of drug-likeness (QED) is 0.508. The molecule has 3 rings (SSSR count). The number of carbonyl (C=O) groups excluding carboxylic acids is 1. The molecular weight excluding hydrogens is 392 g/mol. The molecule has 4 nitrogen and oxygen atoms in total. The van der Waals surface area contributed by atoms with Crippen molar-refractivity contribution in [3.8, 4) is 17.0 Å². The van der Waals surface area contributed by atoms with Crippen molar-refractivity contribution in [1.29, 1.82) is 0 Å². The number of nitrogens with zero attached hydrogens (tertiary/aromatic N) is 1. The maximum absolute atomic E-state index is 12.7. The fraction of sp³-hybridized carbons (Fsp3) is 0.273. The first-order valence-corrected chi connectivity index (χ1v) is 10.5. The van der Waals surface area contributed by atoms with E-state index in [1.54, 1.807) is 36.6 Å². The second kappa shape index (κ2) is 10.2. The van der Waals surface area contributed by atoms with E-state index in [0.717, 1.165) is 34.0 Å². The van der Waals surface area contributed by atoms with E-state index >= 15 is 0 Å². The van der Waals surface area contributed by atoms with Gasteiger partial charge in [0.15, 0.2) is 0 Å². The molecule has 1 N–H and O–H groups in total. The van der Waals surface area contributed by atoms with Crippen molar-refractivity contribution in [3.63, 3.8) is 0 Å². The minimum atomic E-state index is -0.169. The highest BCUT2D eigenvalue weighted by Crippen LogP contribution is 2.31. The number of aromatic nitrogens is 1. The van der Waals surface area contributed by atoms with Crippen molar-refractivity contribution >= 4 is 34.5 Å². The molecule has 1 heterocycles. The van der Waals surface area contributed by atoms with Gasteiger partial charge in [-0.15, -0.1) is 11.3 Å². The number of ether oxygens (including phenoxy) is 1. The first-order valence-electron chi connectivity index (χ1n) is 9.22. The van der Waals surface area contributed by atoms with Crippen LogP contribution in [0.4, 0.5) is 5.69 Å². The van der Waals surface area contributed by atoms with Crippen molar-refractivity contribution in [2.75, 3.05) is 12.4 Å². The Morgan fingerprint density at radius 3 is 2.54 bits per heavy atom. The summed E-state index contributed by atoms with van der Waals surface area (Å²) >= 11 is 7.97. The molecule has 0 aliphatic rings. The lowest BCUT2D eigenvalue weighted by molar-refractivity contribution is 0.102. The van der Waals surface area contributed by atoms with Crippen molar-refractivity contribution < 1.29 is 9.53 Å². The Bertz CT molecular complexity index is 953. The van der Waals surface area contributed by atoms with Crippen LogP contribution in [0.1, 0.15) is 41.7 Å². The molecule has 1 aromatic heterocycles. The Balaban J connectivity index is 0.00000136. The predicted octanol–water partition coefficient (Wildman–Crippen LogP) is 6.62. The van der Waals surface area contributed by atoms with E-state index in [0.29, 0.717) is 16.3 Å². The Hall–Kier alpha value is -2.37. The van der Waals surface area contributed by atoms with Crippen LogP contribution in [0.3, 0.4) is 0 Å². The molecule has 6 heteroatoms. The van der Waals surface area contributed by atoms with Crippen LogP contribution in [-0.4, -0.2) is 18.0 Å². The molecule has 148 valence electrons. The van der Waals surface area contributed by atoms with Gasteiger partial charge in [-0.25, -0.2) is 4.98 Å². The SMILES string of the molecule is CC.CCc1cc(OC)ccc1C(=O)Nc1ccc(-c2csc(C)n2)c(Cl)c1. The summed E-state index contributed by atoms with van der Waals surface area (Å²) in [5.41, 5.74) is 3.91. The molecule has 0 atom stereocenters. The Morgan fingerprint density at radius 1 is 1.21 bits per heavy atom. The van der Waals surface area contributed by atoms with Gasteiger partial charge in [-0.2, -0.15) is 0 Å². The van der Waals surface area contributed by atoms with Crippen molar-refractivity contribution in [1.82, 2.24) is 4.98 Å². The second-order valence-corrected chi connectivity index (χ2v) is 7.25. The molecule has 0 aliphatic carbocycles. The van der Waals surface area contributed by atoms with Gasteiger partial charge < -0.3 is 10.1 Å². The number of thiazole rings is 1. The number of halogens is 1. The fourth-order valence-electron chi connectivity index (χ4n) is 2.70. The van der Waals surface area contributed by atoms with Crippen LogP contribution in [0.5, 0.6) is 5.75 Å². The third-order valence-electron chi connectivity index (χ3n) is 4.06. The van der Waals surface area contributed by atoms with Crippen LogP contribution in [0.2, 0.25) is 5.02 Å². The lowest BCUT2D eigenvalue weighted by Crippen LogP contribution is -2.14. The predicted molar refractivity (Wildman–Crippen MR) is 119 cm³/mol. The number of carbonyl (C=O) groups is 1. The van der Waals surface area contributed by atoms with E-state index in [1.807, 2.05) is 51.3 Å². The maximum Gasteiger partial charge on any atom is 0.255 e. The number of aryl methyl sites for hydroxylation is 2. The lowest BCUT2D eigenvalue weighted by Gasteiger charge is -2.11. The Kier molecular flexibility index (Phi) is 8.03. The third-order valence-corrected chi connectivity index (χ3v) is 5.15. The monoisotopic (exact) mass is 416 g/mol. The van der Waals surface area contributed by atoms with Crippen LogP contribution in [-0.2, 0) is 6.42 Å². The average Bonchev–Trinajstić information content (AvgIpc) is 3.15. The summed E-state index contributed by atoms with van der Waals surface area (Å²) in [6.45, 7) is 7.96. The minimum absolute atomic E-state index is 0.169. The molecule has 0 spiro atoms. The smallest absolute Gasteiger partial charge is 0.255 e. The number of nitrogens with one attached hydrogen (secondary N) is 1. The van der Waals surface area contributed by atoms with Gasteiger partial charge in [0.2, 0.25) is 0 Å². The van der Waals surface area contributed by atoms with Crippen LogP contribution >= 0.6 is 22.9 Å². The summed E-state index contributed by atoms with van der Waals surface area (Å²) in [6.07, 6.45) is 0.739. The number of hydrogen-bond acceptors (Lipinski definition) is 4. The zero-order valence-corrected chi connectivity index (χ0v) is 18.4. The van der Waals surface area contributed by atoms with Crippen molar-refractivity contribution in [2.24, 2.45) is 0 Å². The van der Waals surface area contributed by atoms with Gasteiger partial charge in [0.05, 0.1) is 22.8 Å². The Morgan fingerprint density at radius 2 is 1.96 bits per heavy atom. The summed E-state index contributed by atoms with van der Waals surface area (Å²) in [6, 6.07) is 10.9. The highest BCUT2D eigenvalue weighted by Gasteiger charge is 2.13. The summed E-state index contributed by atoms with van der Waals surface area (Å²) in [4.78, 5) is 17.1. The van der Waals surface area contributed by atoms with E-state index in [-0.39, 0.29) is 5.91 Å². The average molecular weight is 417 g/mol. The number of methoxy groups -OCH3 is 1. The molecule has 0 unspecified atom stereocenters. The number of rotatable bonds is 5. The van der Waals surface area contributed by atoms with E-state index in [1.165, 1.54) is 0 Å². The van der Waals surface area contributed by atoms with Gasteiger partial charge >= 0.3 is 0 Å². The third kappa shape index (κ3) is 5.12. The highest BCUT2D eigenvalue weighted by atomic mass is 35.5. The maximum atomic E-state index is 12.7. The van der Waals surface area contributed by atoms with Crippen LogP contribution in [0.15, 0.2) is 41.8 Å². The summed E-state index contributed by atoms with van der Waals surface area (Å²) in [7, 11) is 1.61. The van der Waals surface area contributed by atoms with E-state index in [4.69, 9.17) is 16.3 Å². The van der Waals surface area contributed by atoms with Gasteiger partial charge in [0, 0.05) is 22.2 Å². The van der Waals surface area contributed by atoms with Gasteiger partial charge in [-0.05, 0) is 55.3 Å². The van der Waals surface area contributed by atoms with Crippen LogP contribution < -0.4 is 10.1 Å². The molecule has 2 aromatic carbocycles. The fourth-order valence-corrected chi connectivity index (χ4v) is 3.59. The molecule has 0 bridgehead atoms. The molecule has 0 radical (unpaired) electrons. The topological polar surface area (TPSA) is 51.2 Å². The Labute approximate surface area is 175 Å². The summed E-state index contributed by atoms with van der Waals surface area (Å²) in [5, 5.41) is 6.43. The summed E-state index contributed by atoms with van der Waals surface area (Å²) in [5.74, 6) is 0.571. The first-order chi connectivity index (χ1) is 13.5. The molecule has 3 aromatic rings. The number of benzene rings is 2. The first kappa shape index (κ1) is 21.9. The van der Waals surface area contributed by atoms with E-state index < -0.39 is 0 Å². The number of anilines is 1. The zero-order chi connectivity index (χ0) is 20.7. The minimum Gasteiger partial charge on any atom is -0.497 e. The molecular formula is C22H25ClN2O2S. The van der Waals surface area contributed by atoms with Crippen molar-refractivity contribution in [2.45, 2.75) is 34.1 Å². The molecule has 0 aliphatic heterocycles. The molecule has 0 saturated heterocycles. The van der Waals surface area contributed by atoms with Gasteiger partial charge in [-0.3, -0.25) is 4.79 Å². The van der Waals surface area contributed by atoms with Crippen molar-refractivity contribution in [3.05, 3.63) is 62.9 Å². The highest BCUT2D eigenvalue weighted by molar-refractivity contribution is 7.09. The van der Waals surface area contributed by atoms with E-state index in [9.17, 15) is 4.79 Å². The zero-order valence-electron chi connectivity index (χ0n) is 16.8. The second-order valence-electron chi connectivity index (χ2n) is 5.78. The largest absolute Gasteiger partial charge is 0.497 e. The normalized spacial score (nSPS) is 10.1.